The van der Waals surface area contributed by atoms with Gasteiger partial charge < -0.3 is 0 Å². The zero-order chi connectivity index (χ0) is 11.5. The van der Waals surface area contributed by atoms with Gasteiger partial charge in [-0.15, -0.1) is 0 Å². The average molecular weight is 237 g/mol. The van der Waals surface area contributed by atoms with Gasteiger partial charge in [0.05, 0.1) is 10.7 Å². The van der Waals surface area contributed by atoms with Crippen molar-refractivity contribution in [3.8, 4) is 0 Å². The van der Waals surface area contributed by atoms with Crippen molar-refractivity contribution >= 4 is 17.2 Å². The van der Waals surface area contributed by atoms with E-state index < -0.39 is 0 Å². The zero-order valence-corrected chi connectivity index (χ0v) is 10.5. The molecule has 2 nitrogen and oxygen atoms in total. The van der Waals surface area contributed by atoms with E-state index in [1.54, 1.807) is 6.20 Å². The first-order valence-corrected chi connectivity index (χ1v) is 6.09. The van der Waals surface area contributed by atoms with Gasteiger partial charge in [0.2, 0.25) is 0 Å². The molecule has 0 aromatic carbocycles. The highest BCUT2D eigenvalue weighted by atomic mass is 35.5. The topological polar surface area (TPSA) is 16.1 Å². The molecule has 1 aromatic rings. The normalized spacial score (nSPS) is 17.6. The third-order valence-corrected chi connectivity index (χ3v) is 3.25. The smallest absolute Gasteiger partial charge is 0.0660 e. The molecule has 1 aromatic heterocycles. The summed E-state index contributed by atoms with van der Waals surface area (Å²) in [7, 11) is 0. The maximum Gasteiger partial charge on any atom is 0.0660 e. The molecule has 0 bridgehead atoms. The van der Waals surface area contributed by atoms with Crippen LogP contribution in [-0.4, -0.2) is 29.0 Å². The summed E-state index contributed by atoms with van der Waals surface area (Å²) in [5.41, 5.74) is 2.40. The maximum absolute atomic E-state index is 5.83. The van der Waals surface area contributed by atoms with Crippen LogP contribution in [0.2, 0.25) is 5.02 Å². The van der Waals surface area contributed by atoms with E-state index >= 15 is 0 Å². The molecule has 0 fully saturated rings. The van der Waals surface area contributed by atoms with Gasteiger partial charge in [-0.25, -0.2) is 0 Å². The fourth-order valence-electron chi connectivity index (χ4n) is 1.95. The Bertz CT molecular complexity index is 381. The second-order valence-electron chi connectivity index (χ2n) is 4.43. The molecule has 0 unspecified atom stereocenters. The molecule has 0 saturated carbocycles. The van der Waals surface area contributed by atoms with Gasteiger partial charge in [-0.2, -0.15) is 0 Å². The van der Waals surface area contributed by atoms with E-state index in [9.17, 15) is 0 Å². The van der Waals surface area contributed by atoms with Gasteiger partial charge in [0.15, 0.2) is 0 Å². The Morgan fingerprint density at radius 1 is 1.38 bits per heavy atom. The van der Waals surface area contributed by atoms with Crippen LogP contribution in [0.4, 0.5) is 0 Å². The number of rotatable bonds is 2. The zero-order valence-electron chi connectivity index (χ0n) is 9.78. The molecule has 16 heavy (non-hydrogen) atoms. The molecule has 0 N–H and O–H groups in total. The Morgan fingerprint density at radius 2 is 2.19 bits per heavy atom. The summed E-state index contributed by atoms with van der Waals surface area (Å²) in [5.74, 6) is 0. The Balaban J connectivity index is 2.10. The minimum absolute atomic E-state index is 0.621. The van der Waals surface area contributed by atoms with Crippen LogP contribution >= 0.6 is 11.6 Å². The lowest BCUT2D eigenvalue weighted by Gasteiger charge is -2.29. The van der Waals surface area contributed by atoms with Crippen LogP contribution in [-0.2, 0) is 0 Å². The molecule has 0 amide bonds. The predicted octanol–water partition coefficient (Wildman–Crippen LogP) is 3.23. The standard InChI is InChI=1S/C13H17ClN2/c1-10(2)16-7-5-11(6-8-16)13-4-3-12(14)9-15-13/h3-5,9-10H,6-8H2,1-2H3. The van der Waals surface area contributed by atoms with Crippen molar-refractivity contribution in [3.05, 3.63) is 35.1 Å². The number of nitrogens with zero attached hydrogens (tertiary/aromatic N) is 2. The summed E-state index contributed by atoms with van der Waals surface area (Å²) in [6.45, 7) is 6.61. The summed E-state index contributed by atoms with van der Waals surface area (Å²) < 4.78 is 0. The van der Waals surface area contributed by atoms with Crippen molar-refractivity contribution in [2.45, 2.75) is 26.3 Å². The molecule has 0 radical (unpaired) electrons. The monoisotopic (exact) mass is 236 g/mol. The molecule has 3 heteroatoms. The fraction of sp³-hybridized carbons (Fsp3) is 0.462. The molecule has 2 heterocycles. The van der Waals surface area contributed by atoms with Crippen LogP contribution in [0, 0.1) is 0 Å². The van der Waals surface area contributed by atoms with Crippen molar-refractivity contribution in [1.82, 2.24) is 9.88 Å². The van der Waals surface area contributed by atoms with Crippen molar-refractivity contribution in [2.75, 3.05) is 13.1 Å². The predicted molar refractivity (Wildman–Crippen MR) is 68.6 cm³/mol. The van der Waals surface area contributed by atoms with E-state index in [1.807, 2.05) is 12.1 Å². The quantitative estimate of drug-likeness (QED) is 0.784. The average Bonchev–Trinajstić information content (AvgIpc) is 2.30. The van der Waals surface area contributed by atoms with E-state index in [-0.39, 0.29) is 0 Å². The molecular weight excluding hydrogens is 220 g/mol. The summed E-state index contributed by atoms with van der Waals surface area (Å²) >= 11 is 5.83. The van der Waals surface area contributed by atoms with Crippen LogP contribution in [0.5, 0.6) is 0 Å². The molecule has 0 atom stereocenters. The van der Waals surface area contributed by atoms with Gasteiger partial charge in [-0.3, -0.25) is 9.88 Å². The molecule has 0 spiro atoms. The molecule has 0 aliphatic carbocycles. The fourth-order valence-corrected chi connectivity index (χ4v) is 2.06. The molecule has 0 saturated heterocycles. The van der Waals surface area contributed by atoms with Crippen LogP contribution in [0.3, 0.4) is 0 Å². The van der Waals surface area contributed by atoms with E-state index in [1.165, 1.54) is 5.57 Å². The van der Waals surface area contributed by atoms with Crippen molar-refractivity contribution in [2.24, 2.45) is 0 Å². The van der Waals surface area contributed by atoms with Gasteiger partial charge in [-0.05, 0) is 38.0 Å². The highest BCUT2D eigenvalue weighted by molar-refractivity contribution is 6.30. The van der Waals surface area contributed by atoms with E-state index in [4.69, 9.17) is 11.6 Å². The Kier molecular flexibility index (Phi) is 3.62. The van der Waals surface area contributed by atoms with Crippen molar-refractivity contribution in [3.63, 3.8) is 0 Å². The molecule has 1 aliphatic heterocycles. The highest BCUT2D eigenvalue weighted by Gasteiger charge is 2.15. The summed E-state index contributed by atoms with van der Waals surface area (Å²) in [6.07, 6.45) is 5.07. The van der Waals surface area contributed by atoms with E-state index in [0.717, 1.165) is 25.2 Å². The Hall–Kier alpha value is -0.860. The first-order valence-electron chi connectivity index (χ1n) is 5.72. The molecule has 86 valence electrons. The molecule has 1 aliphatic rings. The first-order chi connectivity index (χ1) is 7.66. The number of hydrogen-bond acceptors (Lipinski definition) is 2. The van der Waals surface area contributed by atoms with Crippen LogP contribution in [0.15, 0.2) is 24.4 Å². The maximum atomic E-state index is 5.83. The molecular formula is C13H17ClN2. The lowest BCUT2D eigenvalue weighted by atomic mass is 10.0. The van der Waals surface area contributed by atoms with E-state index in [2.05, 4.69) is 29.8 Å². The lowest BCUT2D eigenvalue weighted by molar-refractivity contribution is 0.245. The Morgan fingerprint density at radius 3 is 2.69 bits per heavy atom. The van der Waals surface area contributed by atoms with E-state index in [0.29, 0.717) is 11.1 Å². The van der Waals surface area contributed by atoms with Gasteiger partial charge in [0, 0.05) is 25.3 Å². The largest absolute Gasteiger partial charge is 0.297 e. The minimum atomic E-state index is 0.621. The van der Waals surface area contributed by atoms with Crippen LogP contribution in [0.1, 0.15) is 26.0 Å². The first kappa shape index (κ1) is 11.6. The van der Waals surface area contributed by atoms with Gasteiger partial charge in [0.25, 0.3) is 0 Å². The highest BCUT2D eigenvalue weighted by Crippen LogP contribution is 2.22. The van der Waals surface area contributed by atoms with Gasteiger partial charge in [0.1, 0.15) is 0 Å². The summed E-state index contributed by atoms with van der Waals surface area (Å²) in [6, 6.07) is 4.52. The second kappa shape index (κ2) is 4.98. The van der Waals surface area contributed by atoms with Gasteiger partial charge >= 0.3 is 0 Å². The number of hydrogen-bond donors (Lipinski definition) is 0. The number of halogens is 1. The third kappa shape index (κ3) is 2.63. The molecule has 2 rings (SSSR count). The Labute approximate surface area is 102 Å². The third-order valence-electron chi connectivity index (χ3n) is 3.03. The van der Waals surface area contributed by atoms with Crippen molar-refractivity contribution in [1.29, 1.82) is 0 Å². The van der Waals surface area contributed by atoms with Crippen LogP contribution in [0.25, 0.3) is 5.57 Å². The summed E-state index contributed by atoms with van der Waals surface area (Å²) in [5, 5.41) is 0.698. The number of aromatic nitrogens is 1. The minimum Gasteiger partial charge on any atom is -0.297 e. The SMILES string of the molecule is CC(C)N1CC=C(c2ccc(Cl)cn2)CC1. The van der Waals surface area contributed by atoms with Crippen molar-refractivity contribution < 1.29 is 0 Å². The number of pyridine rings is 1. The van der Waals surface area contributed by atoms with Crippen LogP contribution < -0.4 is 0 Å². The summed E-state index contributed by atoms with van der Waals surface area (Å²) in [4.78, 5) is 6.81. The second-order valence-corrected chi connectivity index (χ2v) is 4.87. The van der Waals surface area contributed by atoms with Gasteiger partial charge in [-0.1, -0.05) is 17.7 Å². The lowest BCUT2D eigenvalue weighted by Crippen LogP contribution is -2.34.